The molecule has 78 valence electrons. The first kappa shape index (κ1) is 9.86. The molecule has 0 bridgehead atoms. The predicted octanol–water partition coefficient (Wildman–Crippen LogP) is 1.13. The van der Waals surface area contributed by atoms with Crippen molar-refractivity contribution < 1.29 is 19.0 Å². The van der Waals surface area contributed by atoms with Crippen LogP contribution in [0.25, 0.3) is 5.57 Å². The van der Waals surface area contributed by atoms with E-state index in [-0.39, 0.29) is 6.61 Å². The van der Waals surface area contributed by atoms with Gasteiger partial charge in [-0.2, -0.15) is 0 Å². The Kier molecular flexibility index (Phi) is 2.51. The van der Waals surface area contributed by atoms with Gasteiger partial charge in [0.15, 0.2) is 0 Å². The zero-order valence-corrected chi connectivity index (χ0v) is 7.81. The molecule has 1 atom stereocenters. The Bertz CT molecular complexity index is 426. The highest BCUT2D eigenvalue weighted by Crippen LogP contribution is 2.24. The number of esters is 1. The standard InChI is InChI=1S/C11H9FO3/c12-8-3-1-2-7(4-8)10-5-9(6-13)15-11(10)14/h1-5,9,13H,6H2. The minimum absolute atomic E-state index is 0.259. The molecule has 1 aliphatic rings. The van der Waals surface area contributed by atoms with Gasteiger partial charge in [-0.05, 0) is 23.8 Å². The third kappa shape index (κ3) is 1.89. The number of hydrogen-bond donors (Lipinski definition) is 1. The summed E-state index contributed by atoms with van der Waals surface area (Å²) < 4.78 is 17.7. The SMILES string of the molecule is O=C1OC(CO)C=C1c1cccc(F)c1. The number of aliphatic hydroxyl groups is 1. The Morgan fingerprint density at radius 3 is 2.87 bits per heavy atom. The number of benzene rings is 1. The topological polar surface area (TPSA) is 46.5 Å². The maximum Gasteiger partial charge on any atom is 0.339 e. The van der Waals surface area contributed by atoms with Gasteiger partial charge in [-0.1, -0.05) is 12.1 Å². The molecular weight excluding hydrogens is 199 g/mol. The van der Waals surface area contributed by atoms with Crippen molar-refractivity contribution in [1.29, 1.82) is 0 Å². The minimum atomic E-state index is -0.615. The molecule has 0 aliphatic carbocycles. The molecule has 1 aromatic rings. The summed E-state index contributed by atoms with van der Waals surface area (Å²) in [6, 6.07) is 5.70. The molecule has 0 saturated carbocycles. The number of halogens is 1. The van der Waals surface area contributed by atoms with Crippen molar-refractivity contribution in [1.82, 2.24) is 0 Å². The molecule has 2 rings (SSSR count). The van der Waals surface area contributed by atoms with Gasteiger partial charge in [0.05, 0.1) is 12.2 Å². The summed E-state index contributed by atoms with van der Waals surface area (Å²) in [7, 11) is 0. The van der Waals surface area contributed by atoms with Crippen molar-refractivity contribution in [2.45, 2.75) is 6.10 Å². The third-order valence-corrected chi connectivity index (χ3v) is 2.15. The maximum absolute atomic E-state index is 12.9. The Morgan fingerprint density at radius 1 is 1.47 bits per heavy atom. The van der Waals surface area contributed by atoms with Crippen LogP contribution < -0.4 is 0 Å². The largest absolute Gasteiger partial charge is 0.452 e. The molecule has 1 N–H and O–H groups in total. The van der Waals surface area contributed by atoms with E-state index in [1.807, 2.05) is 0 Å². The van der Waals surface area contributed by atoms with Crippen LogP contribution in [0.2, 0.25) is 0 Å². The van der Waals surface area contributed by atoms with E-state index in [2.05, 4.69) is 0 Å². The molecule has 3 nitrogen and oxygen atoms in total. The summed E-state index contributed by atoms with van der Waals surface area (Å²) in [5.74, 6) is -0.937. The lowest BCUT2D eigenvalue weighted by molar-refractivity contribution is -0.139. The van der Waals surface area contributed by atoms with E-state index in [9.17, 15) is 9.18 Å². The summed E-state index contributed by atoms with van der Waals surface area (Å²) >= 11 is 0. The molecule has 1 aliphatic heterocycles. The molecule has 0 radical (unpaired) electrons. The van der Waals surface area contributed by atoms with Gasteiger partial charge in [0.2, 0.25) is 0 Å². The number of aliphatic hydroxyl groups excluding tert-OH is 1. The van der Waals surface area contributed by atoms with E-state index >= 15 is 0 Å². The zero-order chi connectivity index (χ0) is 10.8. The molecule has 1 aromatic carbocycles. The third-order valence-electron chi connectivity index (χ3n) is 2.15. The Labute approximate surface area is 85.8 Å². The summed E-state index contributed by atoms with van der Waals surface area (Å²) in [4.78, 5) is 11.3. The second-order valence-corrected chi connectivity index (χ2v) is 3.22. The number of hydrogen-bond acceptors (Lipinski definition) is 3. The summed E-state index contributed by atoms with van der Waals surface area (Å²) in [5.41, 5.74) is 0.768. The number of carbonyl (C=O) groups excluding carboxylic acids is 1. The van der Waals surface area contributed by atoms with Crippen LogP contribution in [0.3, 0.4) is 0 Å². The van der Waals surface area contributed by atoms with Crippen molar-refractivity contribution in [2.24, 2.45) is 0 Å². The van der Waals surface area contributed by atoms with Crippen molar-refractivity contribution in [3.8, 4) is 0 Å². The minimum Gasteiger partial charge on any atom is -0.452 e. The fourth-order valence-corrected chi connectivity index (χ4v) is 1.45. The molecule has 15 heavy (non-hydrogen) atoms. The summed E-state index contributed by atoms with van der Waals surface area (Å²) in [6.07, 6.45) is 0.882. The van der Waals surface area contributed by atoms with Crippen molar-refractivity contribution in [3.63, 3.8) is 0 Å². The maximum atomic E-state index is 12.9. The number of ether oxygens (including phenoxy) is 1. The van der Waals surface area contributed by atoms with E-state index in [1.165, 1.54) is 24.3 Å². The summed E-state index contributed by atoms with van der Waals surface area (Å²) in [5, 5.41) is 8.81. The first-order valence-corrected chi connectivity index (χ1v) is 4.50. The molecule has 1 heterocycles. The normalized spacial score (nSPS) is 20.0. The van der Waals surface area contributed by atoms with E-state index < -0.39 is 17.9 Å². The van der Waals surface area contributed by atoms with Crippen LogP contribution in [0.5, 0.6) is 0 Å². The van der Waals surface area contributed by atoms with E-state index in [0.29, 0.717) is 11.1 Å². The van der Waals surface area contributed by atoms with Crippen LogP contribution in [0, 0.1) is 5.82 Å². The average molecular weight is 208 g/mol. The molecule has 4 heteroatoms. The van der Waals surface area contributed by atoms with Crippen molar-refractivity contribution in [2.75, 3.05) is 6.61 Å². The first-order chi connectivity index (χ1) is 7.20. The number of carbonyl (C=O) groups is 1. The molecule has 0 aromatic heterocycles. The highest BCUT2D eigenvalue weighted by molar-refractivity contribution is 6.18. The molecule has 0 saturated heterocycles. The van der Waals surface area contributed by atoms with Gasteiger partial charge < -0.3 is 9.84 Å². The Balaban J connectivity index is 2.35. The molecule has 0 spiro atoms. The van der Waals surface area contributed by atoms with Gasteiger partial charge in [-0.3, -0.25) is 0 Å². The number of cyclic esters (lactones) is 1. The fourth-order valence-electron chi connectivity index (χ4n) is 1.45. The molecule has 1 unspecified atom stereocenters. The molecular formula is C11H9FO3. The lowest BCUT2D eigenvalue weighted by atomic mass is 10.1. The van der Waals surface area contributed by atoms with E-state index in [1.54, 1.807) is 6.07 Å². The highest BCUT2D eigenvalue weighted by Gasteiger charge is 2.25. The Morgan fingerprint density at radius 2 is 2.27 bits per heavy atom. The van der Waals surface area contributed by atoms with Gasteiger partial charge in [-0.15, -0.1) is 0 Å². The van der Waals surface area contributed by atoms with Crippen LogP contribution in [0.4, 0.5) is 4.39 Å². The van der Waals surface area contributed by atoms with E-state index in [4.69, 9.17) is 9.84 Å². The van der Waals surface area contributed by atoms with Crippen LogP contribution in [-0.2, 0) is 9.53 Å². The van der Waals surface area contributed by atoms with Crippen molar-refractivity contribution in [3.05, 3.63) is 41.7 Å². The van der Waals surface area contributed by atoms with Crippen LogP contribution in [0.1, 0.15) is 5.56 Å². The number of rotatable bonds is 2. The van der Waals surface area contributed by atoms with Gasteiger partial charge in [0.25, 0.3) is 0 Å². The predicted molar refractivity (Wildman–Crippen MR) is 51.3 cm³/mol. The highest BCUT2D eigenvalue weighted by atomic mass is 19.1. The van der Waals surface area contributed by atoms with Gasteiger partial charge in [0.1, 0.15) is 11.9 Å². The lowest BCUT2D eigenvalue weighted by Crippen LogP contribution is -2.11. The van der Waals surface area contributed by atoms with Crippen molar-refractivity contribution >= 4 is 11.5 Å². The zero-order valence-electron chi connectivity index (χ0n) is 7.81. The Hall–Kier alpha value is -1.68. The first-order valence-electron chi connectivity index (χ1n) is 4.50. The smallest absolute Gasteiger partial charge is 0.339 e. The summed E-state index contributed by atoms with van der Waals surface area (Å²) in [6.45, 7) is -0.259. The van der Waals surface area contributed by atoms with Gasteiger partial charge in [0, 0.05) is 0 Å². The molecule has 0 fully saturated rings. The quantitative estimate of drug-likeness (QED) is 0.741. The van der Waals surface area contributed by atoms with Gasteiger partial charge in [-0.25, -0.2) is 9.18 Å². The van der Waals surface area contributed by atoms with Crippen LogP contribution in [-0.4, -0.2) is 23.8 Å². The van der Waals surface area contributed by atoms with E-state index in [0.717, 1.165) is 0 Å². The lowest BCUT2D eigenvalue weighted by Gasteiger charge is -2.01. The van der Waals surface area contributed by atoms with Crippen LogP contribution >= 0.6 is 0 Å². The van der Waals surface area contributed by atoms with Gasteiger partial charge >= 0.3 is 5.97 Å². The second kappa shape index (κ2) is 3.82. The molecule has 0 amide bonds. The van der Waals surface area contributed by atoms with Crippen LogP contribution in [0.15, 0.2) is 30.3 Å². The second-order valence-electron chi connectivity index (χ2n) is 3.22. The fraction of sp³-hybridized carbons (Fsp3) is 0.182. The average Bonchev–Trinajstić information content (AvgIpc) is 2.60. The monoisotopic (exact) mass is 208 g/mol.